The minimum Gasteiger partial charge on any atom is -0.364 e. The summed E-state index contributed by atoms with van der Waals surface area (Å²) in [4.78, 5) is 13.0. The fraction of sp³-hybridized carbons (Fsp3) is 0. The van der Waals surface area contributed by atoms with Crippen LogP contribution in [0.1, 0.15) is 10.5 Å². The van der Waals surface area contributed by atoms with Gasteiger partial charge in [0.15, 0.2) is 3.95 Å². The molecule has 0 spiro atoms. The summed E-state index contributed by atoms with van der Waals surface area (Å²) >= 11 is 6.00. The van der Waals surface area contributed by atoms with Crippen LogP contribution < -0.4 is 5.73 Å². The fourth-order valence-corrected chi connectivity index (χ4v) is 1.22. The number of nitrogens with two attached hydrogens (primary N) is 1. The Bertz CT molecular complexity index is 274. The number of rotatable bonds is 1. The molecule has 0 bridgehead atoms. The molecule has 0 atom stereocenters. The van der Waals surface area contributed by atoms with Gasteiger partial charge in [-0.15, -0.1) is 11.3 Å². The van der Waals surface area contributed by atoms with Gasteiger partial charge in [-0.1, -0.05) is 0 Å². The van der Waals surface area contributed by atoms with Crippen LogP contribution >= 0.6 is 23.6 Å². The Morgan fingerprint density at radius 1 is 1.89 bits per heavy atom. The summed E-state index contributed by atoms with van der Waals surface area (Å²) < 4.78 is 0.573. The number of hydrogen-bond donors (Lipinski definition) is 2. The van der Waals surface area contributed by atoms with E-state index in [1.165, 1.54) is 11.3 Å². The molecule has 9 heavy (non-hydrogen) atoms. The van der Waals surface area contributed by atoms with Gasteiger partial charge >= 0.3 is 0 Å². The number of carbonyl (C=O) groups is 1. The largest absolute Gasteiger partial charge is 0.364 e. The monoisotopic (exact) mass is 160 g/mol. The van der Waals surface area contributed by atoms with Crippen LogP contribution in [0.25, 0.3) is 0 Å². The van der Waals surface area contributed by atoms with Crippen molar-refractivity contribution in [2.24, 2.45) is 5.73 Å². The number of aromatic nitrogens is 1. The molecule has 0 aliphatic carbocycles. The van der Waals surface area contributed by atoms with Gasteiger partial charge < -0.3 is 10.7 Å². The second-order valence-corrected chi connectivity index (χ2v) is 2.97. The molecule has 0 aliphatic rings. The zero-order valence-corrected chi connectivity index (χ0v) is 6.01. The first-order chi connectivity index (χ1) is 4.20. The van der Waals surface area contributed by atoms with Crippen molar-refractivity contribution in [1.29, 1.82) is 0 Å². The number of thiazole rings is 1. The average Bonchev–Trinajstić information content (AvgIpc) is 2.14. The third kappa shape index (κ3) is 1.36. The molecule has 0 aromatic carbocycles. The van der Waals surface area contributed by atoms with Gasteiger partial charge in [0, 0.05) is 5.38 Å². The summed E-state index contributed by atoms with van der Waals surface area (Å²) in [6.07, 6.45) is 0. The summed E-state index contributed by atoms with van der Waals surface area (Å²) in [5.41, 5.74) is 5.30. The van der Waals surface area contributed by atoms with Crippen LogP contribution in [0.5, 0.6) is 0 Å². The van der Waals surface area contributed by atoms with Gasteiger partial charge in [0.05, 0.1) is 0 Å². The lowest BCUT2D eigenvalue weighted by atomic mass is 10.5. The van der Waals surface area contributed by atoms with E-state index in [1.54, 1.807) is 5.38 Å². The Morgan fingerprint density at radius 3 is 2.78 bits per heavy atom. The number of hydrogen-bond acceptors (Lipinski definition) is 3. The lowest BCUT2D eigenvalue weighted by Crippen LogP contribution is -2.10. The Balaban J connectivity index is 3.12. The number of nitrogens with one attached hydrogen (secondary N) is 1. The summed E-state index contributed by atoms with van der Waals surface area (Å²) in [5, 5.41) is 1.60. The summed E-state index contributed by atoms with van der Waals surface area (Å²) in [5.74, 6) is -0.470. The fourth-order valence-electron chi connectivity index (χ4n) is 0.401. The lowest BCUT2D eigenvalue weighted by molar-refractivity contribution is 0.0996. The van der Waals surface area contributed by atoms with Crippen molar-refractivity contribution in [2.75, 3.05) is 0 Å². The van der Waals surface area contributed by atoms with E-state index >= 15 is 0 Å². The summed E-state index contributed by atoms with van der Waals surface area (Å²) in [6.45, 7) is 0. The molecular weight excluding hydrogens is 156 g/mol. The lowest BCUT2D eigenvalue weighted by Gasteiger charge is -1.81. The van der Waals surface area contributed by atoms with Crippen LogP contribution in [0, 0.1) is 3.95 Å². The van der Waals surface area contributed by atoms with E-state index in [4.69, 9.17) is 18.0 Å². The second kappa shape index (κ2) is 2.28. The van der Waals surface area contributed by atoms with E-state index in [9.17, 15) is 4.79 Å². The van der Waals surface area contributed by atoms with Crippen molar-refractivity contribution in [1.82, 2.24) is 4.98 Å². The van der Waals surface area contributed by atoms with Crippen molar-refractivity contribution in [3.63, 3.8) is 0 Å². The Kier molecular flexibility index (Phi) is 1.63. The van der Waals surface area contributed by atoms with Gasteiger partial charge in [-0.05, 0) is 12.2 Å². The first kappa shape index (κ1) is 6.44. The van der Waals surface area contributed by atoms with Crippen LogP contribution in [0.4, 0.5) is 0 Å². The van der Waals surface area contributed by atoms with Crippen LogP contribution in [-0.4, -0.2) is 10.9 Å². The number of aromatic amines is 1. The van der Waals surface area contributed by atoms with Gasteiger partial charge in [-0.3, -0.25) is 4.79 Å². The first-order valence-electron chi connectivity index (χ1n) is 2.18. The van der Waals surface area contributed by atoms with Crippen molar-refractivity contribution < 1.29 is 4.79 Å². The van der Waals surface area contributed by atoms with E-state index in [-0.39, 0.29) is 0 Å². The topological polar surface area (TPSA) is 58.9 Å². The van der Waals surface area contributed by atoms with Gasteiger partial charge in [-0.25, -0.2) is 0 Å². The van der Waals surface area contributed by atoms with Crippen molar-refractivity contribution in [3.05, 3.63) is 15.0 Å². The number of amides is 1. The second-order valence-electron chi connectivity index (χ2n) is 1.43. The number of primary amides is 1. The van der Waals surface area contributed by atoms with E-state index in [0.717, 1.165) is 0 Å². The van der Waals surface area contributed by atoms with Crippen molar-refractivity contribution in [3.8, 4) is 0 Å². The molecule has 0 saturated carbocycles. The highest BCUT2D eigenvalue weighted by atomic mass is 32.1. The highest BCUT2D eigenvalue weighted by molar-refractivity contribution is 7.73. The molecule has 48 valence electrons. The molecular formula is C4H4N2OS2. The molecule has 3 N–H and O–H groups in total. The molecule has 0 fully saturated rings. The molecule has 1 amide bonds. The maximum absolute atomic E-state index is 10.4. The highest BCUT2D eigenvalue weighted by Gasteiger charge is 1.98. The van der Waals surface area contributed by atoms with E-state index in [1.807, 2.05) is 0 Å². The third-order valence-corrected chi connectivity index (χ3v) is 1.85. The van der Waals surface area contributed by atoms with Gasteiger partial charge in [-0.2, -0.15) is 0 Å². The van der Waals surface area contributed by atoms with Gasteiger partial charge in [0.1, 0.15) is 5.69 Å². The minimum atomic E-state index is -0.470. The predicted octanol–water partition coefficient (Wildman–Crippen LogP) is 0.905. The standard InChI is InChI=1S/C4H4N2OS2/c5-3(7)2-1-9-4(8)6-2/h1H,(H2,5,7)(H,6,8). The first-order valence-corrected chi connectivity index (χ1v) is 3.46. The van der Waals surface area contributed by atoms with Crippen molar-refractivity contribution in [2.45, 2.75) is 0 Å². The number of H-pyrrole nitrogens is 1. The molecule has 1 aromatic heterocycles. The molecule has 3 nitrogen and oxygen atoms in total. The normalized spacial score (nSPS) is 9.33. The highest BCUT2D eigenvalue weighted by Crippen LogP contribution is 2.02. The molecule has 0 radical (unpaired) electrons. The predicted molar refractivity (Wildman–Crippen MR) is 38.0 cm³/mol. The van der Waals surface area contributed by atoms with Gasteiger partial charge in [0.2, 0.25) is 0 Å². The van der Waals surface area contributed by atoms with E-state index < -0.39 is 5.91 Å². The Labute approximate surface area is 60.5 Å². The van der Waals surface area contributed by atoms with Crippen LogP contribution in [0.2, 0.25) is 0 Å². The zero-order chi connectivity index (χ0) is 6.85. The average molecular weight is 160 g/mol. The Hall–Kier alpha value is -0.680. The molecule has 5 heteroatoms. The molecule has 1 heterocycles. The molecule has 0 aliphatic heterocycles. The SMILES string of the molecule is NC(=O)c1csc(=S)[nH]1. The maximum Gasteiger partial charge on any atom is 0.266 e. The molecule has 0 unspecified atom stereocenters. The Morgan fingerprint density at radius 2 is 2.56 bits per heavy atom. The van der Waals surface area contributed by atoms with Crippen LogP contribution in [0.3, 0.4) is 0 Å². The van der Waals surface area contributed by atoms with Crippen LogP contribution in [0.15, 0.2) is 5.38 Å². The quantitative estimate of drug-likeness (QED) is 0.600. The summed E-state index contributed by atoms with van der Waals surface area (Å²) in [7, 11) is 0. The third-order valence-electron chi connectivity index (χ3n) is 0.786. The molecule has 0 saturated heterocycles. The molecule has 1 rings (SSSR count). The van der Waals surface area contributed by atoms with Crippen molar-refractivity contribution >= 4 is 29.5 Å². The molecule has 1 aromatic rings. The smallest absolute Gasteiger partial charge is 0.266 e. The van der Waals surface area contributed by atoms with Gasteiger partial charge in [0.25, 0.3) is 5.91 Å². The maximum atomic E-state index is 10.4. The minimum absolute atomic E-state index is 0.380. The van der Waals surface area contributed by atoms with E-state index in [0.29, 0.717) is 9.65 Å². The number of carbonyl (C=O) groups excluding carboxylic acids is 1. The van der Waals surface area contributed by atoms with Crippen LogP contribution in [-0.2, 0) is 0 Å². The van der Waals surface area contributed by atoms with E-state index in [2.05, 4.69) is 4.98 Å². The summed E-state index contributed by atoms with van der Waals surface area (Å²) in [6, 6.07) is 0. The zero-order valence-electron chi connectivity index (χ0n) is 4.38.